The van der Waals surface area contributed by atoms with Crippen LogP contribution in [0.3, 0.4) is 0 Å². The van der Waals surface area contributed by atoms with Gasteiger partial charge in [-0.05, 0) is 49.8 Å². The maximum Gasteiger partial charge on any atom is 0.124 e. The van der Waals surface area contributed by atoms with E-state index in [4.69, 9.17) is 10.5 Å². The van der Waals surface area contributed by atoms with Crippen molar-refractivity contribution in [3.05, 3.63) is 28.2 Å². The maximum atomic E-state index is 6.12. The van der Waals surface area contributed by atoms with Crippen LogP contribution in [0.5, 0.6) is 5.75 Å². The van der Waals surface area contributed by atoms with Crippen molar-refractivity contribution in [1.29, 1.82) is 0 Å². The third-order valence-electron chi connectivity index (χ3n) is 3.91. The first-order chi connectivity index (χ1) is 8.72. The molecule has 100 valence electrons. The number of hydrogen-bond donors (Lipinski definition) is 1. The fraction of sp³-hybridized carbons (Fsp3) is 0.600. The summed E-state index contributed by atoms with van der Waals surface area (Å²) in [4.78, 5) is 0. The Hall–Kier alpha value is -0.540. The molecule has 0 spiro atoms. The molecule has 2 N–H and O–H groups in total. The molecule has 0 radical (unpaired) electrons. The molecule has 0 heterocycles. The molecule has 1 aromatic carbocycles. The highest BCUT2D eigenvalue weighted by Gasteiger charge is 2.21. The normalized spacial score (nSPS) is 23.9. The summed E-state index contributed by atoms with van der Waals surface area (Å²) >= 11 is 3.47. The summed E-state index contributed by atoms with van der Waals surface area (Å²) in [5.74, 6) is 1.87. The van der Waals surface area contributed by atoms with Crippen molar-refractivity contribution in [2.75, 3.05) is 0 Å². The van der Waals surface area contributed by atoms with Crippen molar-refractivity contribution in [2.24, 2.45) is 11.7 Å². The molecular weight excluding hydrogens is 290 g/mol. The van der Waals surface area contributed by atoms with Crippen LogP contribution in [0.2, 0.25) is 0 Å². The Balaban J connectivity index is 1.97. The molecule has 1 aliphatic carbocycles. The van der Waals surface area contributed by atoms with Crippen LogP contribution in [0.25, 0.3) is 0 Å². The fourth-order valence-corrected chi connectivity index (χ4v) is 3.07. The molecule has 0 saturated heterocycles. The van der Waals surface area contributed by atoms with E-state index in [1.54, 1.807) is 0 Å². The van der Waals surface area contributed by atoms with Gasteiger partial charge in [-0.3, -0.25) is 0 Å². The van der Waals surface area contributed by atoms with Crippen LogP contribution < -0.4 is 10.5 Å². The summed E-state index contributed by atoms with van der Waals surface area (Å²) in [6.07, 6.45) is 6.64. The third kappa shape index (κ3) is 3.48. The molecule has 2 nitrogen and oxygen atoms in total. The van der Waals surface area contributed by atoms with Crippen LogP contribution >= 0.6 is 15.9 Å². The zero-order chi connectivity index (χ0) is 13.0. The van der Waals surface area contributed by atoms with Gasteiger partial charge in [-0.15, -0.1) is 0 Å². The Morgan fingerprint density at radius 2 is 2.00 bits per heavy atom. The molecule has 2 rings (SSSR count). The molecule has 1 aliphatic rings. The van der Waals surface area contributed by atoms with Crippen molar-refractivity contribution in [2.45, 2.75) is 51.7 Å². The summed E-state index contributed by atoms with van der Waals surface area (Å²) in [7, 11) is 0. The minimum atomic E-state index is 0.374. The molecule has 0 unspecified atom stereocenters. The summed E-state index contributed by atoms with van der Waals surface area (Å²) in [6, 6.07) is 6.09. The summed E-state index contributed by atoms with van der Waals surface area (Å²) in [6.45, 7) is 2.81. The lowest BCUT2D eigenvalue weighted by Gasteiger charge is -2.29. The van der Waals surface area contributed by atoms with Crippen LogP contribution in [-0.2, 0) is 6.54 Å². The zero-order valence-electron chi connectivity index (χ0n) is 11.0. The monoisotopic (exact) mass is 311 g/mol. The van der Waals surface area contributed by atoms with Crippen LogP contribution in [0.15, 0.2) is 22.7 Å². The van der Waals surface area contributed by atoms with Crippen LogP contribution in [0, 0.1) is 5.92 Å². The van der Waals surface area contributed by atoms with Crippen molar-refractivity contribution < 1.29 is 4.74 Å². The molecule has 0 atom stereocenters. The Kier molecular flexibility index (Phi) is 5.07. The van der Waals surface area contributed by atoms with Crippen LogP contribution in [0.1, 0.15) is 44.6 Å². The lowest BCUT2D eigenvalue weighted by atomic mass is 9.86. The summed E-state index contributed by atoms with van der Waals surface area (Å²) in [5, 5.41) is 0. The lowest BCUT2D eigenvalue weighted by molar-refractivity contribution is 0.129. The van der Waals surface area contributed by atoms with Gasteiger partial charge in [0.2, 0.25) is 0 Å². The molecule has 18 heavy (non-hydrogen) atoms. The second-order valence-corrected chi connectivity index (χ2v) is 6.04. The molecule has 1 fully saturated rings. The molecule has 0 amide bonds. The third-order valence-corrected chi connectivity index (χ3v) is 4.40. The van der Waals surface area contributed by atoms with Gasteiger partial charge in [0.05, 0.1) is 6.10 Å². The number of rotatable bonds is 4. The van der Waals surface area contributed by atoms with Gasteiger partial charge in [0.25, 0.3) is 0 Å². The standard InChI is InChI=1S/C15H22BrNO/c1-2-11-3-6-14(7-4-11)18-15-8-5-13(16)9-12(15)10-17/h5,8-9,11,14H,2-4,6-7,10,17H2,1H3. The number of hydrogen-bond acceptors (Lipinski definition) is 2. The first kappa shape index (κ1) is 13.9. The molecular formula is C15H22BrNO. The van der Waals surface area contributed by atoms with E-state index in [1.807, 2.05) is 18.2 Å². The number of nitrogens with two attached hydrogens (primary N) is 1. The molecule has 0 bridgehead atoms. The number of halogens is 1. The predicted octanol–water partition coefficient (Wildman–Crippen LogP) is 4.26. The number of ether oxygens (including phenoxy) is 1. The average molecular weight is 312 g/mol. The first-order valence-electron chi connectivity index (χ1n) is 6.88. The van der Waals surface area contributed by atoms with Gasteiger partial charge >= 0.3 is 0 Å². The van der Waals surface area contributed by atoms with Crippen LogP contribution in [0.4, 0.5) is 0 Å². The highest BCUT2D eigenvalue weighted by atomic mass is 79.9. The van der Waals surface area contributed by atoms with Gasteiger partial charge in [0.1, 0.15) is 5.75 Å². The van der Waals surface area contributed by atoms with Gasteiger partial charge in [0.15, 0.2) is 0 Å². The average Bonchev–Trinajstić information content (AvgIpc) is 2.41. The lowest BCUT2D eigenvalue weighted by Crippen LogP contribution is -2.24. The van der Waals surface area contributed by atoms with Gasteiger partial charge in [-0.1, -0.05) is 29.3 Å². The Morgan fingerprint density at radius 1 is 1.28 bits per heavy atom. The Morgan fingerprint density at radius 3 is 2.61 bits per heavy atom. The highest BCUT2D eigenvalue weighted by Crippen LogP contribution is 2.31. The van der Waals surface area contributed by atoms with Gasteiger partial charge in [-0.25, -0.2) is 0 Å². The molecule has 1 aromatic rings. The van der Waals surface area contributed by atoms with Crippen molar-refractivity contribution in [3.63, 3.8) is 0 Å². The van der Waals surface area contributed by atoms with Crippen molar-refractivity contribution in [3.8, 4) is 5.75 Å². The SMILES string of the molecule is CCC1CCC(Oc2ccc(Br)cc2CN)CC1. The van der Waals surface area contributed by atoms with Crippen LogP contribution in [-0.4, -0.2) is 6.10 Å². The van der Waals surface area contributed by atoms with Gasteiger partial charge in [0, 0.05) is 16.6 Å². The second-order valence-electron chi connectivity index (χ2n) is 5.13. The second kappa shape index (κ2) is 6.58. The molecule has 1 saturated carbocycles. The van der Waals surface area contributed by atoms with E-state index in [0.717, 1.165) is 21.7 Å². The van der Waals surface area contributed by atoms with Gasteiger partial charge in [-0.2, -0.15) is 0 Å². The topological polar surface area (TPSA) is 35.2 Å². The van der Waals surface area contributed by atoms with E-state index in [-0.39, 0.29) is 0 Å². The fourth-order valence-electron chi connectivity index (χ4n) is 2.66. The summed E-state index contributed by atoms with van der Waals surface area (Å²) in [5.41, 5.74) is 6.85. The molecule has 0 aromatic heterocycles. The molecule has 3 heteroatoms. The van der Waals surface area contributed by atoms with Crippen molar-refractivity contribution in [1.82, 2.24) is 0 Å². The smallest absolute Gasteiger partial charge is 0.124 e. The number of benzene rings is 1. The van der Waals surface area contributed by atoms with E-state index in [2.05, 4.69) is 22.9 Å². The van der Waals surface area contributed by atoms with E-state index in [1.165, 1.54) is 32.1 Å². The first-order valence-corrected chi connectivity index (χ1v) is 7.67. The zero-order valence-corrected chi connectivity index (χ0v) is 12.6. The maximum absolute atomic E-state index is 6.12. The van der Waals surface area contributed by atoms with E-state index in [0.29, 0.717) is 12.6 Å². The van der Waals surface area contributed by atoms with E-state index < -0.39 is 0 Å². The predicted molar refractivity (Wildman–Crippen MR) is 78.7 cm³/mol. The Bertz CT molecular complexity index is 386. The Labute approximate surface area is 118 Å². The van der Waals surface area contributed by atoms with E-state index >= 15 is 0 Å². The van der Waals surface area contributed by atoms with Crippen molar-refractivity contribution >= 4 is 15.9 Å². The summed E-state index contributed by atoms with van der Waals surface area (Å²) < 4.78 is 7.18. The highest BCUT2D eigenvalue weighted by molar-refractivity contribution is 9.10. The quantitative estimate of drug-likeness (QED) is 0.902. The largest absolute Gasteiger partial charge is 0.490 e. The van der Waals surface area contributed by atoms with Gasteiger partial charge < -0.3 is 10.5 Å². The minimum Gasteiger partial charge on any atom is -0.490 e. The minimum absolute atomic E-state index is 0.374. The molecule has 0 aliphatic heterocycles. The van der Waals surface area contributed by atoms with E-state index in [9.17, 15) is 0 Å².